The van der Waals surface area contributed by atoms with E-state index in [0.717, 1.165) is 0 Å². The van der Waals surface area contributed by atoms with Gasteiger partial charge in [-0.2, -0.15) is 14.0 Å². The highest BCUT2D eigenvalue weighted by atomic mass is 32.1. The van der Waals surface area contributed by atoms with Crippen LogP contribution < -0.4 is 4.74 Å². The average Bonchev–Trinajstić information content (AvgIpc) is 2.93. The molecule has 0 aliphatic heterocycles. The lowest BCUT2D eigenvalue weighted by Crippen LogP contribution is -2.13. The third kappa shape index (κ3) is 3.00. The first-order valence-corrected chi connectivity index (χ1v) is 6.52. The highest BCUT2D eigenvalue weighted by molar-refractivity contribution is 7.10. The Morgan fingerprint density at radius 1 is 1.25 bits per heavy atom. The lowest BCUT2D eigenvalue weighted by atomic mass is 9.97. The summed E-state index contributed by atoms with van der Waals surface area (Å²) in [5, 5.41) is 10.9. The Hall–Kier alpha value is -2.26. The molecular weight excluding hydrogens is 284 g/mol. The van der Waals surface area contributed by atoms with Crippen LogP contribution in [-0.2, 0) is 0 Å². The smallest absolute Gasteiger partial charge is 0.387 e. The van der Waals surface area contributed by atoms with E-state index in [9.17, 15) is 13.6 Å². The van der Waals surface area contributed by atoms with E-state index >= 15 is 0 Å². The summed E-state index contributed by atoms with van der Waals surface area (Å²) in [6, 6.07) is 11.0. The van der Waals surface area contributed by atoms with E-state index in [4.69, 9.17) is 5.26 Å². The van der Waals surface area contributed by atoms with Crippen molar-refractivity contribution in [2.75, 3.05) is 0 Å². The van der Waals surface area contributed by atoms with E-state index in [0.29, 0.717) is 4.88 Å². The number of alkyl halides is 2. The topological polar surface area (TPSA) is 50.1 Å². The summed E-state index contributed by atoms with van der Waals surface area (Å²) in [5.41, 5.74) is -0.0206. The molecule has 0 N–H and O–H groups in total. The fourth-order valence-electron chi connectivity index (χ4n) is 1.73. The standard InChI is InChI=1S/C14H9F2NO2S/c15-14(16)19-11-5-2-1-4-9(11)13(18)10(8-17)12-6-3-7-20-12/h1-7,10,14H. The van der Waals surface area contributed by atoms with E-state index in [2.05, 4.69) is 4.74 Å². The Morgan fingerprint density at radius 2 is 2.00 bits per heavy atom. The van der Waals surface area contributed by atoms with Gasteiger partial charge in [0.15, 0.2) is 5.78 Å². The summed E-state index contributed by atoms with van der Waals surface area (Å²) < 4.78 is 29.0. The fourth-order valence-corrected chi connectivity index (χ4v) is 2.50. The van der Waals surface area contributed by atoms with E-state index in [-0.39, 0.29) is 11.3 Å². The number of nitrogens with zero attached hydrogens (tertiary/aromatic N) is 1. The molecule has 6 heteroatoms. The molecule has 0 saturated carbocycles. The zero-order chi connectivity index (χ0) is 14.5. The molecule has 1 atom stereocenters. The lowest BCUT2D eigenvalue weighted by molar-refractivity contribution is -0.0501. The third-order valence-corrected chi connectivity index (χ3v) is 3.52. The number of benzene rings is 1. The Balaban J connectivity index is 2.36. The van der Waals surface area contributed by atoms with Crippen LogP contribution in [0.25, 0.3) is 0 Å². The van der Waals surface area contributed by atoms with E-state index in [1.807, 2.05) is 6.07 Å². The SMILES string of the molecule is N#CC(C(=O)c1ccccc1OC(F)F)c1cccs1. The third-order valence-electron chi connectivity index (χ3n) is 2.59. The fraction of sp³-hybridized carbons (Fsp3) is 0.143. The number of carbonyl (C=O) groups is 1. The molecule has 1 aromatic carbocycles. The first-order valence-electron chi connectivity index (χ1n) is 5.64. The molecule has 3 nitrogen and oxygen atoms in total. The van der Waals surface area contributed by atoms with Crippen molar-refractivity contribution in [3.8, 4) is 11.8 Å². The monoisotopic (exact) mass is 293 g/mol. The van der Waals surface area contributed by atoms with Gasteiger partial charge in [0, 0.05) is 4.88 Å². The zero-order valence-corrected chi connectivity index (χ0v) is 10.9. The summed E-state index contributed by atoms with van der Waals surface area (Å²) in [7, 11) is 0. The molecule has 102 valence electrons. The molecular formula is C14H9F2NO2S. The van der Waals surface area contributed by atoms with Crippen LogP contribution in [0.1, 0.15) is 21.2 Å². The van der Waals surface area contributed by atoms with Crippen LogP contribution in [0.3, 0.4) is 0 Å². The number of thiophene rings is 1. The Bertz CT molecular complexity index is 635. The number of nitriles is 1. The van der Waals surface area contributed by atoms with Crippen LogP contribution in [-0.4, -0.2) is 12.4 Å². The molecule has 1 aromatic heterocycles. The molecule has 0 aliphatic carbocycles. The van der Waals surface area contributed by atoms with E-state index in [1.54, 1.807) is 17.5 Å². The molecule has 0 fully saturated rings. The van der Waals surface area contributed by atoms with Crippen molar-refractivity contribution in [1.29, 1.82) is 5.26 Å². The first kappa shape index (κ1) is 14.2. The predicted octanol–water partition coefficient (Wildman–Crippen LogP) is 3.84. The summed E-state index contributed by atoms with van der Waals surface area (Å²) in [6.07, 6.45) is 0. The molecule has 0 radical (unpaired) electrons. The van der Waals surface area contributed by atoms with Crippen LogP contribution in [0.4, 0.5) is 8.78 Å². The molecule has 1 unspecified atom stereocenters. The van der Waals surface area contributed by atoms with Crippen molar-refractivity contribution in [3.63, 3.8) is 0 Å². The molecule has 1 heterocycles. The van der Waals surface area contributed by atoms with Crippen LogP contribution >= 0.6 is 11.3 Å². The van der Waals surface area contributed by atoms with Gasteiger partial charge in [-0.15, -0.1) is 11.3 Å². The summed E-state index contributed by atoms with van der Waals surface area (Å²) >= 11 is 1.27. The van der Waals surface area contributed by atoms with Crippen LogP contribution in [0.5, 0.6) is 5.75 Å². The van der Waals surface area contributed by atoms with Gasteiger partial charge in [-0.1, -0.05) is 18.2 Å². The van der Waals surface area contributed by atoms with Gasteiger partial charge in [0.05, 0.1) is 11.6 Å². The molecule has 0 aliphatic rings. The Kier molecular flexibility index (Phi) is 4.43. The number of ether oxygens (including phenoxy) is 1. The van der Waals surface area contributed by atoms with Crippen molar-refractivity contribution < 1.29 is 18.3 Å². The minimum absolute atomic E-state index is 0.0206. The van der Waals surface area contributed by atoms with Gasteiger partial charge >= 0.3 is 6.61 Å². The van der Waals surface area contributed by atoms with Crippen LogP contribution in [0.15, 0.2) is 41.8 Å². The van der Waals surface area contributed by atoms with E-state index < -0.39 is 18.3 Å². The zero-order valence-electron chi connectivity index (χ0n) is 10.1. The predicted molar refractivity (Wildman–Crippen MR) is 70.1 cm³/mol. The number of hydrogen-bond acceptors (Lipinski definition) is 4. The van der Waals surface area contributed by atoms with Gasteiger partial charge in [0.25, 0.3) is 0 Å². The molecule has 2 aromatic rings. The molecule has 0 bridgehead atoms. The number of ketones is 1. The highest BCUT2D eigenvalue weighted by Gasteiger charge is 2.26. The Labute approximate surface area is 118 Å². The maximum atomic E-state index is 12.3. The van der Waals surface area contributed by atoms with Crippen molar-refractivity contribution in [3.05, 3.63) is 52.2 Å². The number of Topliss-reactive ketones (excluding diaryl/α,β-unsaturated/α-hetero) is 1. The summed E-state index contributed by atoms with van der Waals surface area (Å²) in [4.78, 5) is 12.9. The van der Waals surface area contributed by atoms with Crippen molar-refractivity contribution in [1.82, 2.24) is 0 Å². The van der Waals surface area contributed by atoms with Gasteiger partial charge < -0.3 is 4.74 Å². The van der Waals surface area contributed by atoms with Gasteiger partial charge in [-0.05, 0) is 23.6 Å². The molecule has 2 rings (SSSR count). The van der Waals surface area contributed by atoms with Crippen molar-refractivity contribution in [2.45, 2.75) is 12.5 Å². The van der Waals surface area contributed by atoms with Gasteiger partial charge in [0.2, 0.25) is 0 Å². The summed E-state index contributed by atoms with van der Waals surface area (Å²) in [6.45, 7) is -3.02. The van der Waals surface area contributed by atoms with Gasteiger partial charge in [-0.3, -0.25) is 4.79 Å². The average molecular weight is 293 g/mol. The second-order valence-corrected chi connectivity index (χ2v) is 4.80. The normalized spacial score (nSPS) is 11.9. The van der Waals surface area contributed by atoms with E-state index in [1.165, 1.54) is 35.6 Å². The first-order chi connectivity index (χ1) is 9.63. The minimum Gasteiger partial charge on any atom is -0.434 e. The molecule has 0 spiro atoms. The number of hydrogen-bond donors (Lipinski definition) is 0. The minimum atomic E-state index is -3.02. The summed E-state index contributed by atoms with van der Waals surface area (Å²) in [5.74, 6) is -1.78. The quantitative estimate of drug-likeness (QED) is 0.787. The second-order valence-electron chi connectivity index (χ2n) is 3.82. The Morgan fingerprint density at radius 3 is 2.60 bits per heavy atom. The molecule has 0 amide bonds. The van der Waals surface area contributed by atoms with Gasteiger partial charge in [0.1, 0.15) is 11.7 Å². The van der Waals surface area contributed by atoms with Crippen molar-refractivity contribution in [2.24, 2.45) is 0 Å². The molecule has 0 saturated heterocycles. The maximum absolute atomic E-state index is 12.3. The van der Waals surface area contributed by atoms with Crippen LogP contribution in [0.2, 0.25) is 0 Å². The molecule has 20 heavy (non-hydrogen) atoms. The number of halogens is 2. The maximum Gasteiger partial charge on any atom is 0.387 e. The number of para-hydroxylation sites is 1. The second kappa shape index (κ2) is 6.26. The largest absolute Gasteiger partial charge is 0.434 e. The number of rotatable bonds is 5. The number of carbonyl (C=O) groups excluding carboxylic acids is 1. The van der Waals surface area contributed by atoms with Crippen molar-refractivity contribution >= 4 is 17.1 Å². The lowest BCUT2D eigenvalue weighted by Gasteiger charge is -2.11. The van der Waals surface area contributed by atoms with Crippen LogP contribution in [0, 0.1) is 11.3 Å². The van der Waals surface area contributed by atoms with Gasteiger partial charge in [-0.25, -0.2) is 0 Å². The highest BCUT2D eigenvalue weighted by Crippen LogP contribution is 2.29.